The molecule has 1 atom stereocenters. The van der Waals surface area contributed by atoms with Gasteiger partial charge in [-0.1, -0.05) is 30.3 Å². The average Bonchev–Trinajstić information content (AvgIpc) is 3.43. The van der Waals surface area contributed by atoms with Crippen LogP contribution in [-0.2, 0) is 6.42 Å². The van der Waals surface area contributed by atoms with Gasteiger partial charge in [-0.25, -0.2) is 0 Å². The maximum absolute atomic E-state index is 3.68. The summed E-state index contributed by atoms with van der Waals surface area (Å²) in [6.07, 6.45) is 12.0. The van der Waals surface area contributed by atoms with Gasteiger partial charge in [-0.3, -0.25) is 0 Å². The number of nitrogens with one attached hydrogen (secondary N) is 2. The van der Waals surface area contributed by atoms with E-state index in [9.17, 15) is 0 Å². The van der Waals surface area contributed by atoms with Gasteiger partial charge in [-0.15, -0.1) is 0 Å². The first-order valence-electron chi connectivity index (χ1n) is 11.2. The van der Waals surface area contributed by atoms with Crippen molar-refractivity contribution in [2.45, 2.75) is 44.6 Å². The molecule has 0 bridgehead atoms. The van der Waals surface area contributed by atoms with Crippen molar-refractivity contribution >= 4 is 22.2 Å². The number of fused-ring (bicyclic) bond motifs is 1. The van der Waals surface area contributed by atoms with E-state index >= 15 is 0 Å². The van der Waals surface area contributed by atoms with Crippen LogP contribution in [0.1, 0.15) is 43.2 Å². The van der Waals surface area contributed by atoms with Crippen molar-refractivity contribution in [2.75, 3.05) is 25.0 Å². The van der Waals surface area contributed by atoms with Crippen LogP contribution in [0.3, 0.4) is 0 Å². The molecular weight excluding hydrogens is 354 g/mol. The second-order valence-corrected chi connectivity index (χ2v) is 8.58. The van der Waals surface area contributed by atoms with Gasteiger partial charge in [0, 0.05) is 35.4 Å². The third-order valence-electron chi connectivity index (χ3n) is 6.59. The fourth-order valence-electron chi connectivity index (χ4n) is 4.87. The van der Waals surface area contributed by atoms with E-state index in [1.165, 1.54) is 72.2 Å². The summed E-state index contributed by atoms with van der Waals surface area (Å²) in [6, 6.07) is 18.1. The zero-order valence-corrected chi connectivity index (χ0v) is 17.2. The summed E-state index contributed by atoms with van der Waals surface area (Å²) in [5, 5.41) is 5.09. The number of nitrogens with zero attached hydrogens (tertiary/aromatic N) is 1. The number of hydrogen-bond donors (Lipinski definition) is 2. The highest BCUT2D eigenvalue weighted by atomic mass is 15.1. The van der Waals surface area contributed by atoms with E-state index in [2.05, 4.69) is 76.0 Å². The molecule has 3 aromatic rings. The molecule has 0 saturated carbocycles. The molecule has 2 aliphatic rings. The van der Waals surface area contributed by atoms with E-state index in [4.69, 9.17) is 0 Å². The molecule has 0 spiro atoms. The summed E-state index contributed by atoms with van der Waals surface area (Å²) >= 11 is 0. The quantitative estimate of drug-likeness (QED) is 0.557. The molecule has 1 saturated heterocycles. The number of allylic oxidation sites excluding steroid dienone is 1. The molecule has 0 amide bonds. The summed E-state index contributed by atoms with van der Waals surface area (Å²) in [7, 11) is 0. The Morgan fingerprint density at radius 3 is 2.69 bits per heavy atom. The van der Waals surface area contributed by atoms with E-state index in [0.29, 0.717) is 6.04 Å². The Hall–Kier alpha value is -2.52. The Kier molecular flexibility index (Phi) is 5.40. The van der Waals surface area contributed by atoms with Gasteiger partial charge in [0.2, 0.25) is 0 Å². The summed E-state index contributed by atoms with van der Waals surface area (Å²) in [5.41, 5.74) is 6.87. The molecule has 29 heavy (non-hydrogen) atoms. The molecule has 1 aliphatic carbocycles. The maximum atomic E-state index is 3.68. The number of aromatic nitrogens is 1. The number of aromatic amines is 1. The van der Waals surface area contributed by atoms with Crippen molar-refractivity contribution in [3.63, 3.8) is 0 Å². The van der Waals surface area contributed by atoms with Crippen molar-refractivity contribution in [1.82, 2.24) is 9.88 Å². The Balaban J connectivity index is 1.28. The fourth-order valence-corrected chi connectivity index (χ4v) is 4.87. The van der Waals surface area contributed by atoms with Gasteiger partial charge in [-0.05, 0) is 92.6 Å². The minimum Gasteiger partial charge on any atom is -0.382 e. The number of para-hydroxylation sites is 1. The molecular formula is C26H31N3. The molecule has 1 aromatic heterocycles. The second-order valence-electron chi connectivity index (χ2n) is 8.58. The lowest BCUT2D eigenvalue weighted by Gasteiger charge is -2.24. The van der Waals surface area contributed by atoms with Crippen molar-refractivity contribution < 1.29 is 0 Å². The molecule has 1 aliphatic heterocycles. The van der Waals surface area contributed by atoms with Crippen LogP contribution < -0.4 is 5.32 Å². The topological polar surface area (TPSA) is 31.1 Å². The molecule has 5 rings (SSSR count). The average molecular weight is 386 g/mol. The van der Waals surface area contributed by atoms with Gasteiger partial charge in [0.1, 0.15) is 0 Å². The van der Waals surface area contributed by atoms with Crippen LogP contribution in [0.4, 0.5) is 5.69 Å². The Morgan fingerprint density at radius 2 is 1.90 bits per heavy atom. The smallest absolute Gasteiger partial charge is 0.0457 e. The van der Waals surface area contributed by atoms with E-state index in [1.807, 2.05) is 0 Å². The Labute approximate surface area is 173 Å². The predicted octanol–water partition coefficient (Wildman–Crippen LogP) is 5.85. The number of H-pyrrole nitrogens is 1. The molecule has 150 valence electrons. The second kappa shape index (κ2) is 8.46. The largest absolute Gasteiger partial charge is 0.382 e. The molecule has 3 heteroatoms. The highest BCUT2D eigenvalue weighted by molar-refractivity contribution is 5.87. The molecule has 3 nitrogen and oxygen atoms in total. The first-order valence-corrected chi connectivity index (χ1v) is 11.2. The van der Waals surface area contributed by atoms with Gasteiger partial charge >= 0.3 is 0 Å². The lowest BCUT2D eigenvalue weighted by atomic mass is 9.90. The first-order chi connectivity index (χ1) is 14.3. The van der Waals surface area contributed by atoms with Crippen LogP contribution in [0.25, 0.3) is 16.5 Å². The standard InChI is InChI=1S/C26H31N3/c1-2-6-23(7-3-1)28-24-11-8-20(9-12-24)21-10-13-26-25(18-21)22(19-27-26)14-17-29-15-4-5-16-29/h1-3,6-8,10,13,18-19,24,27-28H,4-5,9,11-12,14-17H2. The van der Waals surface area contributed by atoms with Crippen molar-refractivity contribution in [1.29, 1.82) is 0 Å². The molecule has 1 unspecified atom stereocenters. The van der Waals surface area contributed by atoms with E-state index in [-0.39, 0.29) is 0 Å². The molecule has 1 fully saturated rings. The van der Waals surface area contributed by atoms with Crippen LogP contribution in [0.15, 0.2) is 60.8 Å². The minimum atomic E-state index is 0.535. The summed E-state index contributed by atoms with van der Waals surface area (Å²) in [4.78, 5) is 6.08. The highest BCUT2D eigenvalue weighted by Crippen LogP contribution is 2.31. The molecule has 2 heterocycles. The lowest BCUT2D eigenvalue weighted by molar-refractivity contribution is 0.344. The zero-order chi connectivity index (χ0) is 19.5. The minimum absolute atomic E-state index is 0.535. The van der Waals surface area contributed by atoms with Crippen LogP contribution in [0, 0.1) is 0 Å². The number of likely N-dealkylation sites (tertiary alicyclic amines) is 1. The summed E-state index contributed by atoms with van der Waals surface area (Å²) in [6.45, 7) is 3.74. The lowest BCUT2D eigenvalue weighted by Crippen LogP contribution is -2.21. The highest BCUT2D eigenvalue weighted by Gasteiger charge is 2.17. The normalized spacial score (nSPS) is 20.1. The molecule has 2 aromatic carbocycles. The predicted molar refractivity (Wildman–Crippen MR) is 123 cm³/mol. The number of hydrogen-bond acceptors (Lipinski definition) is 2. The molecule has 2 N–H and O–H groups in total. The maximum Gasteiger partial charge on any atom is 0.0457 e. The SMILES string of the molecule is C1=C(c2ccc3[nH]cc(CCN4CCCC4)c3c2)CCC(Nc2ccccc2)C1. The van der Waals surface area contributed by atoms with Gasteiger partial charge in [0.15, 0.2) is 0 Å². The molecule has 0 radical (unpaired) electrons. The van der Waals surface area contributed by atoms with Gasteiger partial charge < -0.3 is 15.2 Å². The summed E-state index contributed by atoms with van der Waals surface area (Å²) in [5.74, 6) is 0. The fraction of sp³-hybridized carbons (Fsp3) is 0.385. The van der Waals surface area contributed by atoms with E-state index < -0.39 is 0 Å². The van der Waals surface area contributed by atoms with E-state index in [1.54, 1.807) is 0 Å². The Morgan fingerprint density at radius 1 is 1.03 bits per heavy atom. The van der Waals surface area contributed by atoms with Gasteiger partial charge in [0.25, 0.3) is 0 Å². The first kappa shape index (κ1) is 18.5. The number of benzene rings is 2. The van der Waals surface area contributed by atoms with Crippen LogP contribution in [0.2, 0.25) is 0 Å². The third-order valence-corrected chi connectivity index (χ3v) is 6.59. The summed E-state index contributed by atoms with van der Waals surface area (Å²) < 4.78 is 0. The van der Waals surface area contributed by atoms with Crippen LogP contribution in [0.5, 0.6) is 0 Å². The Bertz CT molecular complexity index is 980. The zero-order valence-electron chi connectivity index (χ0n) is 17.2. The third kappa shape index (κ3) is 4.25. The number of rotatable bonds is 6. The van der Waals surface area contributed by atoms with Crippen LogP contribution in [-0.4, -0.2) is 35.6 Å². The van der Waals surface area contributed by atoms with Gasteiger partial charge in [-0.2, -0.15) is 0 Å². The van der Waals surface area contributed by atoms with Crippen molar-refractivity contribution in [2.24, 2.45) is 0 Å². The monoisotopic (exact) mass is 385 g/mol. The van der Waals surface area contributed by atoms with Crippen molar-refractivity contribution in [3.8, 4) is 0 Å². The van der Waals surface area contributed by atoms with Crippen molar-refractivity contribution in [3.05, 3.63) is 71.9 Å². The number of anilines is 1. The van der Waals surface area contributed by atoms with Gasteiger partial charge in [0.05, 0.1) is 0 Å². The van der Waals surface area contributed by atoms with E-state index in [0.717, 1.165) is 19.3 Å². The van der Waals surface area contributed by atoms with Crippen LogP contribution >= 0.6 is 0 Å².